The number of hydrogen-bond donors (Lipinski definition) is 1. The summed E-state index contributed by atoms with van der Waals surface area (Å²) in [5.41, 5.74) is 2.48. The monoisotopic (exact) mass is 434 g/mol. The molecule has 6 heteroatoms. The lowest BCUT2D eigenvalue weighted by Gasteiger charge is -2.25. The third-order valence-corrected chi connectivity index (χ3v) is 5.85. The molecule has 1 N–H and O–H groups in total. The van der Waals surface area contributed by atoms with Crippen LogP contribution in [0.25, 0.3) is 0 Å². The quantitative estimate of drug-likeness (QED) is 0.587. The summed E-state index contributed by atoms with van der Waals surface area (Å²) in [6, 6.07) is 17.3. The van der Waals surface area contributed by atoms with Gasteiger partial charge in [-0.1, -0.05) is 30.3 Å². The van der Waals surface area contributed by atoms with Gasteiger partial charge in [0.1, 0.15) is 11.6 Å². The maximum Gasteiger partial charge on any atom is 0.258 e. The molecule has 32 heavy (non-hydrogen) atoms. The van der Waals surface area contributed by atoms with Gasteiger partial charge in [0.05, 0.1) is 5.56 Å². The zero-order valence-electron chi connectivity index (χ0n) is 17.8. The van der Waals surface area contributed by atoms with E-state index in [-0.39, 0.29) is 23.3 Å². The van der Waals surface area contributed by atoms with Crippen LogP contribution in [0.4, 0.5) is 14.5 Å². The number of benzene rings is 3. The molecule has 0 saturated carbocycles. The zero-order valence-corrected chi connectivity index (χ0v) is 17.8. The fraction of sp³-hybridized carbons (Fsp3) is 0.231. The molecule has 3 aromatic carbocycles. The highest BCUT2D eigenvalue weighted by Gasteiger charge is 2.30. The first-order valence-electron chi connectivity index (χ1n) is 10.6. The number of amides is 2. The van der Waals surface area contributed by atoms with E-state index in [1.165, 1.54) is 30.3 Å². The van der Waals surface area contributed by atoms with E-state index in [1.54, 1.807) is 30.3 Å². The SMILES string of the molecule is Cc1ccc(C(=O)N2CCCC2Cc2cccc(F)c2)cc1NC(=O)c1ccccc1F. The van der Waals surface area contributed by atoms with Crippen LogP contribution in [0.5, 0.6) is 0 Å². The molecule has 2 amide bonds. The maximum absolute atomic E-state index is 14.0. The highest BCUT2D eigenvalue weighted by Crippen LogP contribution is 2.26. The van der Waals surface area contributed by atoms with E-state index in [1.807, 2.05) is 17.9 Å². The topological polar surface area (TPSA) is 49.4 Å². The van der Waals surface area contributed by atoms with Crippen molar-refractivity contribution in [2.45, 2.75) is 32.2 Å². The number of anilines is 1. The minimum Gasteiger partial charge on any atom is -0.335 e. The van der Waals surface area contributed by atoms with Crippen LogP contribution in [0.1, 0.15) is 44.7 Å². The average molecular weight is 434 g/mol. The molecule has 1 saturated heterocycles. The Labute approximate surface area is 185 Å². The van der Waals surface area contributed by atoms with Gasteiger partial charge in [-0.2, -0.15) is 0 Å². The summed E-state index contributed by atoms with van der Waals surface area (Å²) in [5, 5.41) is 2.72. The van der Waals surface area contributed by atoms with Crippen molar-refractivity contribution in [3.8, 4) is 0 Å². The van der Waals surface area contributed by atoms with E-state index in [2.05, 4.69) is 5.32 Å². The lowest BCUT2D eigenvalue weighted by atomic mass is 10.0. The first kappa shape index (κ1) is 21.7. The molecular formula is C26H24F2N2O2. The molecule has 4 nitrogen and oxygen atoms in total. The summed E-state index contributed by atoms with van der Waals surface area (Å²) in [5.74, 6) is -1.59. The van der Waals surface area contributed by atoms with Gasteiger partial charge in [0.25, 0.3) is 11.8 Å². The van der Waals surface area contributed by atoms with Crippen LogP contribution in [0.2, 0.25) is 0 Å². The van der Waals surface area contributed by atoms with E-state index < -0.39 is 11.7 Å². The van der Waals surface area contributed by atoms with Gasteiger partial charge in [-0.3, -0.25) is 9.59 Å². The minimum atomic E-state index is -0.604. The Kier molecular flexibility index (Phi) is 6.30. The lowest BCUT2D eigenvalue weighted by molar-refractivity contribution is 0.0736. The van der Waals surface area contributed by atoms with E-state index in [0.29, 0.717) is 24.2 Å². The van der Waals surface area contributed by atoms with Gasteiger partial charge < -0.3 is 10.2 Å². The van der Waals surface area contributed by atoms with Crippen LogP contribution in [0, 0.1) is 18.6 Å². The Bertz CT molecular complexity index is 1160. The second kappa shape index (κ2) is 9.30. The number of hydrogen-bond acceptors (Lipinski definition) is 2. The minimum absolute atomic E-state index is 0.0120. The van der Waals surface area contributed by atoms with Crippen molar-refractivity contribution in [3.63, 3.8) is 0 Å². The van der Waals surface area contributed by atoms with Crippen LogP contribution in [0.15, 0.2) is 66.7 Å². The van der Waals surface area contributed by atoms with Gasteiger partial charge >= 0.3 is 0 Å². The van der Waals surface area contributed by atoms with Gasteiger partial charge in [0.15, 0.2) is 0 Å². The molecule has 164 valence electrons. The largest absolute Gasteiger partial charge is 0.335 e. The van der Waals surface area contributed by atoms with Crippen LogP contribution in [-0.2, 0) is 6.42 Å². The summed E-state index contributed by atoms with van der Waals surface area (Å²) in [7, 11) is 0. The number of carbonyl (C=O) groups excluding carboxylic acids is 2. The van der Waals surface area contributed by atoms with Crippen molar-refractivity contribution in [1.82, 2.24) is 4.90 Å². The van der Waals surface area contributed by atoms with Crippen molar-refractivity contribution >= 4 is 17.5 Å². The molecule has 1 aliphatic rings. The fourth-order valence-electron chi connectivity index (χ4n) is 4.14. The molecule has 4 rings (SSSR count). The van der Waals surface area contributed by atoms with Crippen molar-refractivity contribution in [2.24, 2.45) is 0 Å². The molecule has 0 bridgehead atoms. The Hall–Kier alpha value is -3.54. The summed E-state index contributed by atoms with van der Waals surface area (Å²) in [6.45, 7) is 2.44. The molecule has 0 aliphatic carbocycles. The van der Waals surface area contributed by atoms with Crippen LogP contribution in [0.3, 0.4) is 0 Å². The van der Waals surface area contributed by atoms with Crippen LogP contribution >= 0.6 is 0 Å². The smallest absolute Gasteiger partial charge is 0.258 e. The lowest BCUT2D eigenvalue weighted by Crippen LogP contribution is -2.36. The number of likely N-dealkylation sites (tertiary alicyclic amines) is 1. The molecular weight excluding hydrogens is 410 g/mol. The molecule has 1 heterocycles. The van der Waals surface area contributed by atoms with Gasteiger partial charge in [0, 0.05) is 23.8 Å². The van der Waals surface area contributed by atoms with Crippen molar-refractivity contribution in [1.29, 1.82) is 0 Å². The highest BCUT2D eigenvalue weighted by molar-refractivity contribution is 6.05. The van der Waals surface area contributed by atoms with E-state index in [0.717, 1.165) is 24.0 Å². The average Bonchev–Trinajstić information content (AvgIpc) is 3.23. The first-order valence-corrected chi connectivity index (χ1v) is 10.6. The van der Waals surface area contributed by atoms with Crippen LogP contribution in [-0.4, -0.2) is 29.3 Å². The summed E-state index contributed by atoms with van der Waals surface area (Å²) < 4.78 is 27.5. The third kappa shape index (κ3) is 4.69. The molecule has 0 aromatic heterocycles. The van der Waals surface area contributed by atoms with E-state index in [9.17, 15) is 18.4 Å². The van der Waals surface area contributed by atoms with Gasteiger partial charge in [-0.15, -0.1) is 0 Å². The number of nitrogens with one attached hydrogen (secondary N) is 1. The second-order valence-electron chi connectivity index (χ2n) is 8.09. The molecule has 1 fully saturated rings. The Balaban J connectivity index is 1.52. The third-order valence-electron chi connectivity index (χ3n) is 5.85. The van der Waals surface area contributed by atoms with Gasteiger partial charge in [-0.25, -0.2) is 8.78 Å². The Morgan fingerprint density at radius 2 is 1.84 bits per heavy atom. The normalized spacial score (nSPS) is 15.6. The molecule has 3 aromatic rings. The van der Waals surface area contributed by atoms with E-state index in [4.69, 9.17) is 0 Å². The number of aryl methyl sites for hydroxylation is 1. The summed E-state index contributed by atoms with van der Waals surface area (Å²) in [4.78, 5) is 27.6. The molecule has 0 spiro atoms. The second-order valence-corrected chi connectivity index (χ2v) is 8.09. The molecule has 1 aliphatic heterocycles. The van der Waals surface area contributed by atoms with Crippen molar-refractivity contribution in [3.05, 3.63) is 101 Å². The number of halogens is 2. The number of rotatable bonds is 5. The fourth-order valence-corrected chi connectivity index (χ4v) is 4.14. The number of nitrogens with zero attached hydrogens (tertiary/aromatic N) is 1. The summed E-state index contributed by atoms with van der Waals surface area (Å²) in [6.07, 6.45) is 2.33. The molecule has 1 unspecified atom stereocenters. The van der Waals surface area contributed by atoms with Crippen molar-refractivity contribution < 1.29 is 18.4 Å². The van der Waals surface area contributed by atoms with Crippen molar-refractivity contribution in [2.75, 3.05) is 11.9 Å². The molecule has 0 radical (unpaired) electrons. The van der Waals surface area contributed by atoms with E-state index >= 15 is 0 Å². The first-order chi connectivity index (χ1) is 15.4. The van der Waals surface area contributed by atoms with Gasteiger partial charge in [-0.05, 0) is 73.7 Å². The summed E-state index contributed by atoms with van der Waals surface area (Å²) >= 11 is 0. The zero-order chi connectivity index (χ0) is 22.7. The molecule has 1 atom stereocenters. The number of carbonyl (C=O) groups is 2. The predicted octanol–water partition coefficient (Wildman–Crippen LogP) is 5.37. The Morgan fingerprint density at radius 3 is 2.62 bits per heavy atom. The standard InChI is InChI=1S/C26H24F2N2O2/c1-17-11-12-19(16-24(17)29-25(31)22-9-2-3-10-23(22)28)26(32)30-13-5-8-21(30)15-18-6-4-7-20(27)14-18/h2-4,6-7,9-12,14,16,21H,5,8,13,15H2,1H3,(H,29,31). The maximum atomic E-state index is 14.0. The highest BCUT2D eigenvalue weighted by atomic mass is 19.1. The van der Waals surface area contributed by atoms with Crippen LogP contribution < -0.4 is 5.32 Å². The Morgan fingerprint density at radius 1 is 1.03 bits per heavy atom. The predicted molar refractivity (Wildman–Crippen MR) is 120 cm³/mol. The van der Waals surface area contributed by atoms with Gasteiger partial charge in [0.2, 0.25) is 0 Å².